The maximum atomic E-state index is 5.79. The first-order valence-electron chi connectivity index (χ1n) is 6.57. The van der Waals surface area contributed by atoms with E-state index >= 15 is 0 Å². The van der Waals surface area contributed by atoms with Crippen LogP contribution in [-0.4, -0.2) is 51.6 Å². The van der Waals surface area contributed by atoms with Gasteiger partial charge in [0.2, 0.25) is 11.2 Å². The van der Waals surface area contributed by atoms with Crippen LogP contribution in [0, 0.1) is 0 Å². The van der Waals surface area contributed by atoms with E-state index in [9.17, 15) is 0 Å². The van der Waals surface area contributed by atoms with Crippen molar-refractivity contribution in [1.82, 2.24) is 19.9 Å². The maximum Gasteiger partial charge on any atom is 0.229 e. The van der Waals surface area contributed by atoms with Gasteiger partial charge in [-0.1, -0.05) is 0 Å². The van der Waals surface area contributed by atoms with Crippen molar-refractivity contribution in [3.8, 4) is 0 Å². The van der Waals surface area contributed by atoms with Crippen LogP contribution in [0.15, 0.2) is 18.8 Å². The van der Waals surface area contributed by atoms with E-state index in [0.29, 0.717) is 11.8 Å². The van der Waals surface area contributed by atoms with E-state index in [-0.39, 0.29) is 10.9 Å². The normalized spacial score (nSPS) is 16.2. The standard InChI is InChI=1S/C13H20ClN5O/c1-10(20-13(2,3)4)18-5-7-19(8-6-18)12-16-9-15-11(14)17-12/h9H,1,5-8H2,2-4H3. The monoisotopic (exact) mass is 297 g/mol. The lowest BCUT2D eigenvalue weighted by Crippen LogP contribution is -2.47. The van der Waals surface area contributed by atoms with Gasteiger partial charge in [-0.15, -0.1) is 0 Å². The number of aromatic nitrogens is 3. The molecule has 6 nitrogen and oxygen atoms in total. The minimum atomic E-state index is -0.226. The van der Waals surface area contributed by atoms with Crippen LogP contribution in [0.25, 0.3) is 0 Å². The van der Waals surface area contributed by atoms with Crippen molar-refractivity contribution in [2.75, 3.05) is 31.1 Å². The molecule has 0 radical (unpaired) electrons. The summed E-state index contributed by atoms with van der Waals surface area (Å²) in [7, 11) is 0. The lowest BCUT2D eigenvalue weighted by Gasteiger charge is -2.38. The molecule has 1 aromatic heterocycles. The highest BCUT2D eigenvalue weighted by Crippen LogP contribution is 2.18. The van der Waals surface area contributed by atoms with E-state index < -0.39 is 0 Å². The molecule has 2 rings (SSSR count). The summed E-state index contributed by atoms with van der Waals surface area (Å²) < 4.78 is 5.79. The van der Waals surface area contributed by atoms with Crippen molar-refractivity contribution in [1.29, 1.82) is 0 Å². The lowest BCUT2D eigenvalue weighted by molar-refractivity contribution is 0.00160. The molecule has 1 aromatic rings. The van der Waals surface area contributed by atoms with E-state index in [0.717, 1.165) is 26.2 Å². The SMILES string of the molecule is C=C(OC(C)(C)C)N1CCN(c2ncnc(Cl)n2)CC1. The number of ether oxygens (including phenoxy) is 1. The third-order valence-corrected chi connectivity index (χ3v) is 3.05. The molecule has 1 fully saturated rings. The van der Waals surface area contributed by atoms with Crippen molar-refractivity contribution >= 4 is 17.5 Å². The fourth-order valence-corrected chi connectivity index (χ4v) is 2.11. The molecule has 20 heavy (non-hydrogen) atoms. The van der Waals surface area contributed by atoms with Crippen LogP contribution in [0.3, 0.4) is 0 Å². The molecule has 0 unspecified atom stereocenters. The Labute approximate surface area is 124 Å². The van der Waals surface area contributed by atoms with E-state index in [2.05, 4.69) is 31.3 Å². The zero-order valence-electron chi connectivity index (χ0n) is 12.1. The quantitative estimate of drug-likeness (QED) is 0.795. The Kier molecular flexibility index (Phi) is 4.32. The molecule has 1 aliphatic rings. The maximum absolute atomic E-state index is 5.79. The first-order chi connectivity index (χ1) is 9.35. The molecule has 0 N–H and O–H groups in total. The number of rotatable bonds is 3. The molecule has 0 aromatic carbocycles. The van der Waals surface area contributed by atoms with Gasteiger partial charge >= 0.3 is 0 Å². The average Bonchev–Trinajstić information content (AvgIpc) is 2.37. The average molecular weight is 298 g/mol. The Balaban J connectivity index is 1.91. The molecule has 0 amide bonds. The van der Waals surface area contributed by atoms with Gasteiger partial charge in [-0.05, 0) is 39.0 Å². The molecule has 2 heterocycles. The molecule has 1 saturated heterocycles. The first kappa shape index (κ1) is 14.8. The van der Waals surface area contributed by atoms with Crippen LogP contribution < -0.4 is 4.90 Å². The van der Waals surface area contributed by atoms with Crippen LogP contribution in [0.2, 0.25) is 5.28 Å². The lowest BCUT2D eigenvalue weighted by atomic mass is 10.2. The highest BCUT2D eigenvalue weighted by molar-refractivity contribution is 6.28. The fraction of sp³-hybridized carbons (Fsp3) is 0.615. The van der Waals surface area contributed by atoms with Crippen LogP contribution in [0.5, 0.6) is 0 Å². The van der Waals surface area contributed by atoms with Crippen molar-refractivity contribution in [2.45, 2.75) is 26.4 Å². The molecule has 0 aliphatic carbocycles. The Morgan fingerprint density at radius 1 is 1.25 bits per heavy atom. The van der Waals surface area contributed by atoms with Gasteiger partial charge in [0.25, 0.3) is 0 Å². The van der Waals surface area contributed by atoms with E-state index in [1.165, 1.54) is 6.33 Å². The summed E-state index contributed by atoms with van der Waals surface area (Å²) in [4.78, 5) is 16.3. The zero-order valence-corrected chi connectivity index (χ0v) is 12.9. The molecule has 1 aliphatic heterocycles. The second-order valence-electron chi connectivity index (χ2n) is 5.64. The van der Waals surface area contributed by atoms with Crippen molar-refractivity contribution in [2.24, 2.45) is 0 Å². The molecule has 0 bridgehead atoms. The highest BCUT2D eigenvalue weighted by atomic mass is 35.5. The van der Waals surface area contributed by atoms with Crippen LogP contribution in [0.1, 0.15) is 20.8 Å². The molecule has 0 saturated carbocycles. The van der Waals surface area contributed by atoms with Crippen LogP contribution >= 0.6 is 11.6 Å². The topological polar surface area (TPSA) is 54.4 Å². The highest BCUT2D eigenvalue weighted by Gasteiger charge is 2.23. The molecule has 0 spiro atoms. The second-order valence-corrected chi connectivity index (χ2v) is 5.97. The first-order valence-corrected chi connectivity index (χ1v) is 6.95. The zero-order chi connectivity index (χ0) is 14.8. The van der Waals surface area contributed by atoms with Gasteiger partial charge in [-0.2, -0.15) is 4.98 Å². The Hall–Kier alpha value is -1.56. The van der Waals surface area contributed by atoms with Gasteiger partial charge in [-0.25, -0.2) is 9.97 Å². The smallest absolute Gasteiger partial charge is 0.229 e. The summed E-state index contributed by atoms with van der Waals surface area (Å²) in [6.07, 6.45) is 1.43. The van der Waals surface area contributed by atoms with Crippen LogP contribution in [-0.2, 0) is 4.74 Å². The summed E-state index contributed by atoms with van der Waals surface area (Å²) in [5, 5.41) is 0.220. The number of nitrogens with zero attached hydrogens (tertiary/aromatic N) is 5. The van der Waals surface area contributed by atoms with E-state index in [1.807, 2.05) is 20.8 Å². The Bertz CT molecular complexity index is 480. The van der Waals surface area contributed by atoms with Gasteiger partial charge in [0.1, 0.15) is 11.9 Å². The van der Waals surface area contributed by atoms with Gasteiger partial charge in [-0.3, -0.25) is 0 Å². The molecule has 110 valence electrons. The minimum absolute atomic E-state index is 0.220. The summed E-state index contributed by atoms with van der Waals surface area (Å²) in [5.41, 5.74) is -0.226. The van der Waals surface area contributed by atoms with Crippen LogP contribution in [0.4, 0.5) is 5.95 Å². The third kappa shape index (κ3) is 3.96. The van der Waals surface area contributed by atoms with Gasteiger partial charge in [0.15, 0.2) is 5.88 Å². The number of piperazine rings is 1. The Morgan fingerprint density at radius 2 is 1.90 bits per heavy atom. The molecular formula is C13H20ClN5O. The summed E-state index contributed by atoms with van der Waals surface area (Å²) in [6, 6.07) is 0. The largest absolute Gasteiger partial charge is 0.474 e. The van der Waals surface area contributed by atoms with Gasteiger partial charge in [0.05, 0.1) is 0 Å². The molecule has 0 atom stereocenters. The number of anilines is 1. The van der Waals surface area contributed by atoms with Gasteiger partial charge in [0, 0.05) is 26.2 Å². The molecular weight excluding hydrogens is 278 g/mol. The summed E-state index contributed by atoms with van der Waals surface area (Å²) in [6.45, 7) is 13.3. The fourth-order valence-electron chi connectivity index (χ4n) is 1.99. The summed E-state index contributed by atoms with van der Waals surface area (Å²) >= 11 is 5.78. The van der Waals surface area contributed by atoms with Gasteiger partial charge < -0.3 is 14.5 Å². The molecule has 7 heteroatoms. The number of halogens is 1. The Morgan fingerprint density at radius 3 is 2.45 bits per heavy atom. The predicted octanol–water partition coefficient (Wildman–Crippen LogP) is 1.93. The van der Waals surface area contributed by atoms with Crippen molar-refractivity contribution in [3.63, 3.8) is 0 Å². The number of hydrogen-bond acceptors (Lipinski definition) is 6. The predicted molar refractivity (Wildman–Crippen MR) is 78.6 cm³/mol. The van der Waals surface area contributed by atoms with Crippen molar-refractivity contribution < 1.29 is 4.74 Å². The second kappa shape index (κ2) is 5.83. The van der Waals surface area contributed by atoms with E-state index in [4.69, 9.17) is 16.3 Å². The minimum Gasteiger partial charge on any atom is -0.474 e. The summed E-state index contributed by atoms with van der Waals surface area (Å²) in [5.74, 6) is 1.33. The third-order valence-electron chi connectivity index (χ3n) is 2.87. The van der Waals surface area contributed by atoms with E-state index in [1.54, 1.807) is 0 Å². The number of hydrogen-bond donors (Lipinski definition) is 0. The van der Waals surface area contributed by atoms with Crippen molar-refractivity contribution in [3.05, 3.63) is 24.1 Å².